The fourth-order valence-corrected chi connectivity index (χ4v) is 5.13. The van der Waals surface area contributed by atoms with Gasteiger partial charge in [0.25, 0.3) is 0 Å². The Balaban J connectivity index is 2.25. The molecule has 25 heavy (non-hydrogen) atoms. The van der Waals surface area contributed by atoms with Gasteiger partial charge in [-0.2, -0.15) is 0 Å². The Morgan fingerprint density at radius 1 is 1.40 bits per heavy atom. The van der Waals surface area contributed by atoms with Crippen LogP contribution in [0.2, 0.25) is 18.1 Å². The van der Waals surface area contributed by atoms with Crippen LogP contribution in [-0.2, 0) is 14.0 Å². The second-order valence-corrected chi connectivity index (χ2v) is 14.0. The average molecular weight is 384 g/mol. The van der Waals surface area contributed by atoms with Crippen molar-refractivity contribution < 1.29 is 19.1 Å². The van der Waals surface area contributed by atoms with E-state index < -0.39 is 14.3 Å². The normalized spacial score (nSPS) is 25.4. The number of rotatable bonds is 5. The van der Waals surface area contributed by atoms with Gasteiger partial charge in [-0.05, 0) is 42.3 Å². The van der Waals surface area contributed by atoms with Crippen molar-refractivity contribution >= 4 is 32.0 Å². The molecule has 1 fully saturated rings. The summed E-state index contributed by atoms with van der Waals surface area (Å²) in [6, 6.07) is -0.143. The Bertz CT molecular complexity index is 635. The number of carboxylic acids is 1. The third-order valence-corrected chi connectivity index (χ3v) is 11.0. The molecule has 7 heteroatoms. The molecule has 0 aliphatic carbocycles. The van der Waals surface area contributed by atoms with E-state index in [2.05, 4.69) is 33.9 Å². The predicted octanol–water partition coefficient (Wildman–Crippen LogP) is 3.84. The van der Waals surface area contributed by atoms with Crippen LogP contribution < -0.4 is 0 Å². The Labute approximate surface area is 155 Å². The van der Waals surface area contributed by atoms with Crippen molar-refractivity contribution in [3.05, 3.63) is 22.8 Å². The lowest BCUT2D eigenvalue weighted by Gasteiger charge is -2.51. The average Bonchev–Trinajstić information content (AvgIpc) is 2.62. The van der Waals surface area contributed by atoms with E-state index in [-0.39, 0.29) is 34.7 Å². The highest BCUT2D eigenvalue weighted by molar-refractivity contribution is 8.02. The molecule has 0 aromatic carbocycles. The first kappa shape index (κ1) is 20.3. The van der Waals surface area contributed by atoms with Gasteiger partial charge in [0.05, 0.1) is 18.1 Å². The van der Waals surface area contributed by atoms with Gasteiger partial charge in [-0.25, -0.2) is 4.79 Å². The van der Waals surface area contributed by atoms with Crippen LogP contribution >= 0.6 is 11.8 Å². The van der Waals surface area contributed by atoms with Gasteiger partial charge in [0, 0.05) is 6.42 Å². The number of carboxylic acid groups (broad SMARTS) is 1. The van der Waals surface area contributed by atoms with E-state index in [1.165, 1.54) is 4.90 Å². The van der Waals surface area contributed by atoms with Gasteiger partial charge in [-0.1, -0.05) is 26.8 Å². The maximum Gasteiger partial charge on any atom is 0.352 e. The molecule has 0 unspecified atom stereocenters. The van der Waals surface area contributed by atoms with Crippen LogP contribution in [0, 0.1) is 5.92 Å². The number of allylic oxidation sites excluding steroid dienone is 2. The topological polar surface area (TPSA) is 66.8 Å². The zero-order chi connectivity index (χ0) is 19.2. The van der Waals surface area contributed by atoms with E-state index in [0.29, 0.717) is 6.42 Å². The van der Waals surface area contributed by atoms with Crippen molar-refractivity contribution in [3.8, 4) is 0 Å². The Morgan fingerprint density at radius 2 is 2.00 bits per heavy atom. The van der Waals surface area contributed by atoms with Gasteiger partial charge in [-0.3, -0.25) is 4.79 Å². The molecule has 0 bridgehead atoms. The summed E-state index contributed by atoms with van der Waals surface area (Å²) in [5.41, 5.74) is 0.0647. The van der Waals surface area contributed by atoms with Gasteiger partial charge in [0.2, 0.25) is 5.91 Å². The Morgan fingerprint density at radius 3 is 2.48 bits per heavy atom. The smallest absolute Gasteiger partial charge is 0.352 e. The molecule has 1 amide bonds. The standard InChI is InChI=1S/C18H29NO4SSi/c1-11(23-25(6,7)18(2,3)4)15-14-10-12(24-5)8-9-13(17(21)22)19(14)16(15)20/h8-9,11,14-15H,10H2,1-7H3,(H,21,22)/t11-,14-,15-/m1/s1. The number of hydrogen-bond acceptors (Lipinski definition) is 4. The molecule has 2 heterocycles. The van der Waals surface area contributed by atoms with Gasteiger partial charge < -0.3 is 14.4 Å². The number of nitrogens with zero attached hydrogens (tertiary/aromatic N) is 1. The summed E-state index contributed by atoms with van der Waals surface area (Å²) >= 11 is 1.60. The number of hydrogen-bond donors (Lipinski definition) is 1. The molecule has 2 rings (SSSR count). The highest BCUT2D eigenvalue weighted by Crippen LogP contribution is 2.44. The van der Waals surface area contributed by atoms with Gasteiger partial charge in [0.15, 0.2) is 8.32 Å². The minimum absolute atomic E-state index is 0.0632. The van der Waals surface area contributed by atoms with Crippen molar-refractivity contribution in [3.63, 3.8) is 0 Å². The van der Waals surface area contributed by atoms with Crippen LogP contribution in [0.4, 0.5) is 0 Å². The van der Waals surface area contributed by atoms with Crippen LogP contribution in [0.1, 0.15) is 34.1 Å². The highest BCUT2D eigenvalue weighted by Gasteiger charge is 2.54. The summed E-state index contributed by atoms with van der Waals surface area (Å²) in [7, 11) is -2.00. The van der Waals surface area contributed by atoms with E-state index in [1.54, 1.807) is 17.8 Å². The summed E-state index contributed by atoms with van der Waals surface area (Å²) in [5.74, 6) is -1.49. The maximum atomic E-state index is 12.8. The number of carbonyl (C=O) groups excluding carboxylic acids is 1. The fraction of sp³-hybridized carbons (Fsp3) is 0.667. The Hall–Kier alpha value is -1.05. The zero-order valence-corrected chi connectivity index (χ0v) is 17.9. The zero-order valence-electron chi connectivity index (χ0n) is 16.1. The number of β-lactam (4-membered cyclic amide) rings is 1. The summed E-state index contributed by atoms with van der Waals surface area (Å²) in [6.07, 6.45) is 5.79. The first-order valence-electron chi connectivity index (χ1n) is 8.59. The predicted molar refractivity (Wildman–Crippen MR) is 104 cm³/mol. The maximum absolute atomic E-state index is 12.8. The second-order valence-electron chi connectivity index (χ2n) is 8.28. The molecular formula is C18H29NO4SSi. The van der Waals surface area contributed by atoms with Crippen molar-refractivity contribution in [2.45, 2.75) is 64.4 Å². The second kappa shape index (κ2) is 6.93. The first-order valence-corrected chi connectivity index (χ1v) is 12.7. The molecule has 2 aliphatic heterocycles. The molecule has 5 nitrogen and oxygen atoms in total. The van der Waals surface area contributed by atoms with Crippen LogP contribution in [0.25, 0.3) is 0 Å². The molecule has 3 atom stereocenters. The number of aliphatic carboxylic acids is 1. The molecule has 0 aromatic heterocycles. The summed E-state index contributed by atoms with van der Waals surface area (Å²) < 4.78 is 6.43. The number of fused-ring (bicyclic) bond motifs is 1. The van der Waals surface area contributed by atoms with E-state index in [1.807, 2.05) is 19.3 Å². The Kier molecular flexibility index (Phi) is 5.61. The molecular weight excluding hydrogens is 354 g/mol. The molecule has 0 aromatic rings. The van der Waals surface area contributed by atoms with E-state index in [9.17, 15) is 14.7 Å². The third-order valence-electron chi connectivity index (χ3n) is 5.64. The molecule has 1 saturated heterocycles. The molecule has 0 spiro atoms. The minimum atomic E-state index is -2.00. The summed E-state index contributed by atoms with van der Waals surface area (Å²) in [5, 5.41) is 9.52. The number of amides is 1. The molecule has 140 valence electrons. The third kappa shape index (κ3) is 3.73. The summed E-state index contributed by atoms with van der Waals surface area (Å²) in [6.45, 7) is 12.8. The quantitative estimate of drug-likeness (QED) is 0.577. The lowest BCUT2D eigenvalue weighted by atomic mass is 9.81. The molecule has 1 N–H and O–H groups in total. The van der Waals surface area contributed by atoms with Gasteiger partial charge in [-0.15, -0.1) is 11.8 Å². The lowest BCUT2D eigenvalue weighted by molar-refractivity contribution is -0.162. The van der Waals surface area contributed by atoms with Crippen LogP contribution in [0.3, 0.4) is 0 Å². The van der Waals surface area contributed by atoms with Crippen LogP contribution in [-0.4, -0.2) is 48.6 Å². The monoisotopic (exact) mass is 383 g/mol. The first-order chi connectivity index (χ1) is 11.4. The SMILES string of the molecule is CSC1=CC=C(C(=O)O)N2C(=O)[C@H]([C@@H](C)O[Si](C)(C)C(C)(C)C)[C@H]2C1. The minimum Gasteiger partial charge on any atom is -0.477 e. The van der Waals surface area contributed by atoms with Crippen molar-refractivity contribution in [2.24, 2.45) is 5.92 Å². The van der Waals surface area contributed by atoms with Crippen LogP contribution in [0.5, 0.6) is 0 Å². The lowest BCUT2D eigenvalue weighted by Crippen LogP contribution is -2.65. The summed E-state index contributed by atoms with van der Waals surface area (Å²) in [4.78, 5) is 26.8. The van der Waals surface area contributed by atoms with Crippen molar-refractivity contribution in [2.75, 3.05) is 6.26 Å². The molecule has 2 aliphatic rings. The number of thioether (sulfide) groups is 1. The number of carbonyl (C=O) groups is 2. The van der Waals surface area contributed by atoms with Gasteiger partial charge >= 0.3 is 5.97 Å². The highest BCUT2D eigenvalue weighted by atomic mass is 32.2. The molecule has 0 saturated carbocycles. The largest absolute Gasteiger partial charge is 0.477 e. The van der Waals surface area contributed by atoms with Crippen molar-refractivity contribution in [1.82, 2.24) is 4.90 Å². The van der Waals surface area contributed by atoms with E-state index in [4.69, 9.17) is 4.43 Å². The van der Waals surface area contributed by atoms with Crippen molar-refractivity contribution in [1.29, 1.82) is 0 Å². The van der Waals surface area contributed by atoms with Gasteiger partial charge in [0.1, 0.15) is 5.70 Å². The fourth-order valence-electron chi connectivity index (χ4n) is 3.16. The van der Waals surface area contributed by atoms with E-state index in [0.717, 1.165) is 4.91 Å². The van der Waals surface area contributed by atoms with E-state index >= 15 is 0 Å². The van der Waals surface area contributed by atoms with Crippen LogP contribution in [0.15, 0.2) is 22.8 Å². The molecule has 0 radical (unpaired) electrons.